The smallest absolute Gasteiger partial charge is 0.0346 e. The summed E-state index contributed by atoms with van der Waals surface area (Å²) >= 11 is 0. The van der Waals surface area contributed by atoms with Gasteiger partial charge in [0.2, 0.25) is 0 Å². The van der Waals surface area contributed by atoms with E-state index in [4.69, 9.17) is 0 Å². The van der Waals surface area contributed by atoms with Crippen LogP contribution in [0.5, 0.6) is 0 Å². The maximum absolute atomic E-state index is 4.41. The molecule has 2 aromatic rings. The third kappa shape index (κ3) is 3.33. The van der Waals surface area contributed by atoms with E-state index in [0.717, 1.165) is 12.5 Å². The Morgan fingerprint density at radius 1 is 1.19 bits per heavy atom. The van der Waals surface area contributed by atoms with Crippen LogP contribution in [0, 0.1) is 5.92 Å². The van der Waals surface area contributed by atoms with Crippen molar-refractivity contribution in [1.82, 2.24) is 10.3 Å². The van der Waals surface area contributed by atoms with Crippen molar-refractivity contribution in [3.63, 3.8) is 0 Å². The molecule has 0 unspecified atom stereocenters. The van der Waals surface area contributed by atoms with Crippen LogP contribution in [0.25, 0.3) is 16.8 Å². The van der Waals surface area contributed by atoms with E-state index in [1.165, 1.54) is 54.0 Å². The van der Waals surface area contributed by atoms with Crippen molar-refractivity contribution in [3.05, 3.63) is 47.8 Å². The van der Waals surface area contributed by atoms with E-state index in [0.29, 0.717) is 0 Å². The van der Waals surface area contributed by atoms with Crippen LogP contribution in [0.4, 0.5) is 0 Å². The number of hydrogen-bond acceptors (Lipinski definition) is 2. The summed E-state index contributed by atoms with van der Waals surface area (Å²) in [6.07, 6.45) is 13.2. The molecule has 1 heterocycles. The summed E-state index contributed by atoms with van der Waals surface area (Å²) in [5, 5.41) is 5.87. The fraction of sp³-hybridized carbons (Fsp3) is 0.421. The highest BCUT2D eigenvalue weighted by molar-refractivity contribution is 5.89. The first kappa shape index (κ1) is 14.3. The van der Waals surface area contributed by atoms with Crippen LogP contribution in [0.15, 0.2) is 42.2 Å². The van der Waals surface area contributed by atoms with Gasteiger partial charge in [-0.1, -0.05) is 55.2 Å². The number of hydrogen-bond donors (Lipinski definition) is 1. The van der Waals surface area contributed by atoms with Crippen LogP contribution in [0.3, 0.4) is 0 Å². The Morgan fingerprint density at radius 2 is 2.00 bits per heavy atom. The summed E-state index contributed by atoms with van der Waals surface area (Å²) in [4.78, 5) is 4.41. The van der Waals surface area contributed by atoms with Gasteiger partial charge in [-0.25, -0.2) is 0 Å². The summed E-state index contributed by atoms with van der Waals surface area (Å²) in [5.74, 6) is 0.741. The zero-order valence-corrected chi connectivity index (χ0v) is 12.8. The van der Waals surface area contributed by atoms with Gasteiger partial charge in [-0.3, -0.25) is 4.98 Å². The molecule has 0 spiro atoms. The number of likely N-dealkylation sites (N-methyl/N-ethyl adjacent to an activating group) is 1. The number of pyridine rings is 1. The quantitative estimate of drug-likeness (QED) is 0.897. The molecule has 3 rings (SSSR count). The van der Waals surface area contributed by atoms with Crippen molar-refractivity contribution >= 4 is 16.8 Å². The highest BCUT2D eigenvalue weighted by Gasteiger charge is 2.17. The fourth-order valence-electron chi connectivity index (χ4n) is 3.45. The molecule has 0 bridgehead atoms. The minimum atomic E-state index is 0.741. The van der Waals surface area contributed by atoms with Crippen molar-refractivity contribution in [2.75, 3.05) is 13.6 Å². The molecule has 1 aliphatic carbocycles. The number of aromatic nitrogens is 1. The fourth-order valence-corrected chi connectivity index (χ4v) is 3.45. The lowest BCUT2D eigenvalue weighted by Crippen LogP contribution is -2.19. The molecule has 1 aliphatic rings. The molecular weight excluding hydrogens is 256 g/mol. The van der Waals surface area contributed by atoms with E-state index in [1.54, 1.807) is 0 Å². The van der Waals surface area contributed by atoms with E-state index in [2.05, 4.69) is 40.6 Å². The Kier molecular flexibility index (Phi) is 4.66. The second-order valence-corrected chi connectivity index (χ2v) is 6.03. The predicted octanol–water partition coefficient (Wildman–Crippen LogP) is 4.42. The number of fused-ring (bicyclic) bond motifs is 1. The lowest BCUT2D eigenvalue weighted by atomic mass is 9.83. The van der Waals surface area contributed by atoms with Gasteiger partial charge in [0.1, 0.15) is 0 Å². The second-order valence-electron chi connectivity index (χ2n) is 6.03. The van der Waals surface area contributed by atoms with E-state index >= 15 is 0 Å². The van der Waals surface area contributed by atoms with Crippen LogP contribution in [0.2, 0.25) is 0 Å². The van der Waals surface area contributed by atoms with Crippen LogP contribution >= 0.6 is 0 Å². The van der Waals surface area contributed by atoms with E-state index in [1.807, 2.05) is 19.4 Å². The average molecular weight is 280 g/mol. The van der Waals surface area contributed by atoms with Gasteiger partial charge in [0.15, 0.2) is 0 Å². The summed E-state index contributed by atoms with van der Waals surface area (Å²) < 4.78 is 0. The predicted molar refractivity (Wildman–Crippen MR) is 90.2 cm³/mol. The Morgan fingerprint density at radius 3 is 2.81 bits per heavy atom. The minimum Gasteiger partial charge on any atom is -0.316 e. The molecule has 0 atom stereocenters. The molecular formula is C19H24N2. The minimum absolute atomic E-state index is 0.741. The first-order chi connectivity index (χ1) is 10.4. The van der Waals surface area contributed by atoms with Gasteiger partial charge in [0.25, 0.3) is 0 Å². The van der Waals surface area contributed by atoms with Crippen molar-refractivity contribution in [1.29, 1.82) is 0 Å². The largest absolute Gasteiger partial charge is 0.316 e. The van der Waals surface area contributed by atoms with Crippen LogP contribution in [0.1, 0.15) is 37.7 Å². The molecule has 0 saturated heterocycles. The van der Waals surface area contributed by atoms with Gasteiger partial charge in [0, 0.05) is 29.9 Å². The number of nitrogens with zero attached hydrogens (tertiary/aromatic N) is 1. The number of nitrogens with one attached hydrogen (secondary N) is 1. The van der Waals surface area contributed by atoms with Gasteiger partial charge in [-0.2, -0.15) is 0 Å². The maximum atomic E-state index is 4.41. The Labute approximate surface area is 127 Å². The molecule has 0 amide bonds. The van der Waals surface area contributed by atoms with Crippen molar-refractivity contribution < 1.29 is 0 Å². The lowest BCUT2D eigenvalue weighted by Gasteiger charge is -2.24. The zero-order chi connectivity index (χ0) is 14.5. The first-order valence-electron chi connectivity index (χ1n) is 8.06. The Balaban J connectivity index is 1.98. The van der Waals surface area contributed by atoms with Gasteiger partial charge < -0.3 is 5.32 Å². The highest BCUT2D eigenvalue weighted by atomic mass is 14.8. The standard InChI is InChI=1S/C19H24N2/c1-20-12-17(15-7-3-2-4-8-15)11-18-14-21-13-16-9-5-6-10-19(16)18/h5-6,9-11,13-15,20H,2-4,7-8,12H2,1H3/b17-11-. The zero-order valence-electron chi connectivity index (χ0n) is 12.8. The summed E-state index contributed by atoms with van der Waals surface area (Å²) in [5.41, 5.74) is 2.79. The average Bonchev–Trinajstić information content (AvgIpc) is 2.55. The van der Waals surface area contributed by atoms with E-state index in [9.17, 15) is 0 Å². The second kappa shape index (κ2) is 6.86. The molecule has 110 valence electrons. The highest BCUT2D eigenvalue weighted by Crippen LogP contribution is 2.31. The van der Waals surface area contributed by atoms with Crippen molar-refractivity contribution in [3.8, 4) is 0 Å². The van der Waals surface area contributed by atoms with Gasteiger partial charge in [0.05, 0.1) is 0 Å². The Hall–Kier alpha value is -1.67. The summed E-state index contributed by atoms with van der Waals surface area (Å²) in [6, 6.07) is 8.52. The summed E-state index contributed by atoms with van der Waals surface area (Å²) in [6.45, 7) is 0.980. The monoisotopic (exact) mass is 280 g/mol. The molecule has 1 fully saturated rings. The number of benzene rings is 1. The molecule has 21 heavy (non-hydrogen) atoms. The molecule has 1 saturated carbocycles. The Bertz CT molecular complexity index is 619. The maximum Gasteiger partial charge on any atom is 0.0346 e. The van der Waals surface area contributed by atoms with Gasteiger partial charge >= 0.3 is 0 Å². The molecule has 1 aromatic carbocycles. The van der Waals surface area contributed by atoms with Crippen molar-refractivity contribution in [2.45, 2.75) is 32.1 Å². The lowest BCUT2D eigenvalue weighted by molar-refractivity contribution is 0.398. The molecule has 0 aliphatic heterocycles. The molecule has 0 radical (unpaired) electrons. The topological polar surface area (TPSA) is 24.9 Å². The SMILES string of the molecule is CNC/C(=C/c1cncc2ccccc12)C1CCCCC1. The van der Waals surface area contributed by atoms with E-state index < -0.39 is 0 Å². The molecule has 2 nitrogen and oxygen atoms in total. The molecule has 2 heteroatoms. The van der Waals surface area contributed by atoms with Gasteiger partial charge in [-0.05, 0) is 31.2 Å². The third-order valence-corrected chi connectivity index (χ3v) is 4.55. The van der Waals surface area contributed by atoms with Gasteiger partial charge in [-0.15, -0.1) is 0 Å². The summed E-state index contributed by atoms with van der Waals surface area (Å²) in [7, 11) is 2.04. The van der Waals surface area contributed by atoms with Crippen LogP contribution < -0.4 is 5.32 Å². The number of rotatable bonds is 4. The first-order valence-corrected chi connectivity index (χ1v) is 8.06. The normalized spacial score (nSPS) is 17.3. The molecule has 1 aromatic heterocycles. The third-order valence-electron chi connectivity index (χ3n) is 4.55. The van der Waals surface area contributed by atoms with Crippen LogP contribution in [-0.4, -0.2) is 18.6 Å². The van der Waals surface area contributed by atoms with Crippen molar-refractivity contribution in [2.24, 2.45) is 5.92 Å². The molecule has 1 N–H and O–H groups in total. The van der Waals surface area contributed by atoms with E-state index in [-0.39, 0.29) is 0 Å². The van der Waals surface area contributed by atoms with Crippen LogP contribution in [-0.2, 0) is 0 Å².